The van der Waals surface area contributed by atoms with Crippen molar-refractivity contribution in [1.29, 1.82) is 0 Å². The summed E-state index contributed by atoms with van der Waals surface area (Å²) in [5.74, 6) is 0.602. The van der Waals surface area contributed by atoms with E-state index in [2.05, 4.69) is 44.7 Å². The van der Waals surface area contributed by atoms with E-state index in [1.54, 1.807) is 4.80 Å². The second-order valence-corrected chi connectivity index (χ2v) is 7.42. The average molecular weight is 390 g/mol. The molecule has 1 aliphatic rings. The molecule has 2 aromatic carbocycles. The number of aryl methyl sites for hydroxylation is 2. The minimum absolute atomic E-state index is 0.00159. The summed E-state index contributed by atoms with van der Waals surface area (Å²) >= 11 is 0. The Hall–Kier alpha value is -3.22. The third kappa shape index (κ3) is 4.80. The van der Waals surface area contributed by atoms with Crippen LogP contribution in [0.1, 0.15) is 31.2 Å². The molecule has 3 aromatic rings. The number of anilines is 2. The summed E-state index contributed by atoms with van der Waals surface area (Å²) in [4.78, 5) is 16.3. The molecule has 0 radical (unpaired) electrons. The Kier molecular flexibility index (Phi) is 5.84. The molecule has 0 aliphatic carbocycles. The number of benzene rings is 2. The molecule has 0 bridgehead atoms. The van der Waals surface area contributed by atoms with E-state index in [9.17, 15) is 4.79 Å². The van der Waals surface area contributed by atoms with Crippen LogP contribution in [0.4, 0.5) is 11.4 Å². The maximum absolute atomic E-state index is 12.3. The van der Waals surface area contributed by atoms with Crippen LogP contribution >= 0.6 is 0 Å². The van der Waals surface area contributed by atoms with Crippen LogP contribution in [0.5, 0.6) is 0 Å². The Bertz CT molecular complexity index is 962. The lowest BCUT2D eigenvalue weighted by Crippen LogP contribution is -2.19. The van der Waals surface area contributed by atoms with E-state index < -0.39 is 0 Å². The quantitative estimate of drug-likeness (QED) is 0.666. The Morgan fingerprint density at radius 2 is 1.90 bits per heavy atom. The average Bonchev–Trinajstić information content (AvgIpc) is 3.41. The number of hydrogen-bond donors (Lipinski definition) is 1. The van der Waals surface area contributed by atoms with Gasteiger partial charge in [-0.2, -0.15) is 4.80 Å². The van der Waals surface area contributed by atoms with Crippen molar-refractivity contribution in [3.05, 3.63) is 54.1 Å². The summed E-state index contributed by atoms with van der Waals surface area (Å²) in [5, 5.41) is 15.5. The van der Waals surface area contributed by atoms with Gasteiger partial charge in [-0.3, -0.25) is 4.79 Å². The highest BCUT2D eigenvalue weighted by molar-refractivity contribution is 5.91. The number of tetrazole rings is 1. The number of hydrogen-bond acceptors (Lipinski definition) is 5. The van der Waals surface area contributed by atoms with Gasteiger partial charge in [0.25, 0.3) is 0 Å². The number of carbonyl (C=O) groups excluding carboxylic acids is 1. The van der Waals surface area contributed by atoms with Crippen molar-refractivity contribution in [3.63, 3.8) is 0 Å². The van der Waals surface area contributed by atoms with E-state index in [1.807, 2.05) is 36.4 Å². The van der Waals surface area contributed by atoms with Gasteiger partial charge in [-0.15, -0.1) is 10.2 Å². The van der Waals surface area contributed by atoms with Gasteiger partial charge in [0.05, 0.1) is 6.54 Å². The molecule has 0 saturated carbocycles. The van der Waals surface area contributed by atoms with Crippen LogP contribution in [0.2, 0.25) is 0 Å². The van der Waals surface area contributed by atoms with E-state index in [-0.39, 0.29) is 5.91 Å². The Morgan fingerprint density at radius 1 is 1.10 bits per heavy atom. The molecule has 2 heterocycles. The number of rotatable bonds is 7. The van der Waals surface area contributed by atoms with E-state index in [4.69, 9.17) is 0 Å². The monoisotopic (exact) mass is 390 g/mol. The van der Waals surface area contributed by atoms with Gasteiger partial charge in [-0.05, 0) is 55.2 Å². The van der Waals surface area contributed by atoms with Crippen molar-refractivity contribution in [2.75, 3.05) is 23.3 Å². The van der Waals surface area contributed by atoms with Gasteiger partial charge in [-0.25, -0.2) is 0 Å². The first-order valence-corrected chi connectivity index (χ1v) is 10.2. The Morgan fingerprint density at radius 3 is 2.66 bits per heavy atom. The maximum atomic E-state index is 12.3. The van der Waals surface area contributed by atoms with Gasteiger partial charge < -0.3 is 10.2 Å². The minimum Gasteiger partial charge on any atom is -0.371 e. The van der Waals surface area contributed by atoms with Crippen LogP contribution in [-0.2, 0) is 11.3 Å². The molecule has 1 N–H and O–H groups in total. The second-order valence-electron chi connectivity index (χ2n) is 7.42. The van der Waals surface area contributed by atoms with Gasteiger partial charge in [0, 0.05) is 36.4 Å². The lowest BCUT2D eigenvalue weighted by atomic mass is 10.1. The Balaban J connectivity index is 1.26. The standard InChI is InChI=1S/C22H26N6O/c1-17-16-19(11-12-20(17)27-13-5-6-14-27)23-21(29)10-7-15-28-25-22(24-26-28)18-8-3-2-4-9-18/h2-4,8-9,11-12,16H,5-7,10,13-15H2,1H3,(H,23,29). The third-order valence-electron chi connectivity index (χ3n) is 5.17. The van der Waals surface area contributed by atoms with Gasteiger partial charge in [-0.1, -0.05) is 30.3 Å². The third-order valence-corrected chi connectivity index (χ3v) is 5.17. The topological polar surface area (TPSA) is 75.9 Å². The second kappa shape index (κ2) is 8.86. The summed E-state index contributed by atoms with van der Waals surface area (Å²) in [6, 6.07) is 15.9. The highest BCUT2D eigenvalue weighted by Crippen LogP contribution is 2.26. The van der Waals surface area contributed by atoms with E-state index >= 15 is 0 Å². The number of carbonyl (C=O) groups is 1. The summed E-state index contributed by atoms with van der Waals surface area (Å²) in [7, 11) is 0. The van der Waals surface area contributed by atoms with E-state index in [0.29, 0.717) is 25.2 Å². The van der Waals surface area contributed by atoms with Crippen molar-refractivity contribution in [3.8, 4) is 11.4 Å². The van der Waals surface area contributed by atoms with Crippen molar-refractivity contribution < 1.29 is 4.79 Å². The van der Waals surface area contributed by atoms with E-state index in [0.717, 1.165) is 24.3 Å². The molecule has 150 valence electrons. The molecule has 1 saturated heterocycles. The zero-order valence-electron chi connectivity index (χ0n) is 16.7. The summed E-state index contributed by atoms with van der Waals surface area (Å²) in [5.41, 5.74) is 4.25. The summed E-state index contributed by atoms with van der Waals surface area (Å²) in [6.45, 7) is 4.90. The first-order chi connectivity index (χ1) is 14.2. The normalized spacial score (nSPS) is 13.6. The fourth-order valence-electron chi connectivity index (χ4n) is 3.69. The van der Waals surface area contributed by atoms with Gasteiger partial charge in [0.2, 0.25) is 11.7 Å². The zero-order chi connectivity index (χ0) is 20.1. The van der Waals surface area contributed by atoms with Gasteiger partial charge >= 0.3 is 0 Å². The molecule has 0 unspecified atom stereocenters. The van der Waals surface area contributed by atoms with Crippen LogP contribution in [0.15, 0.2) is 48.5 Å². The van der Waals surface area contributed by atoms with Crippen LogP contribution in [0, 0.1) is 6.92 Å². The van der Waals surface area contributed by atoms with Gasteiger partial charge in [0.15, 0.2) is 0 Å². The fraction of sp³-hybridized carbons (Fsp3) is 0.364. The zero-order valence-corrected chi connectivity index (χ0v) is 16.7. The minimum atomic E-state index is 0.00159. The molecule has 7 nitrogen and oxygen atoms in total. The van der Waals surface area contributed by atoms with E-state index in [1.165, 1.54) is 24.1 Å². The van der Waals surface area contributed by atoms with Crippen molar-refractivity contribution in [2.24, 2.45) is 0 Å². The predicted octanol–water partition coefficient (Wildman–Crippen LogP) is 3.67. The number of nitrogens with zero attached hydrogens (tertiary/aromatic N) is 5. The molecule has 0 atom stereocenters. The Labute approximate surface area is 170 Å². The molecule has 0 spiro atoms. The number of nitrogens with one attached hydrogen (secondary N) is 1. The molecule has 1 aromatic heterocycles. The number of amides is 1. The molecule has 29 heavy (non-hydrogen) atoms. The molecule has 1 aliphatic heterocycles. The predicted molar refractivity (Wildman–Crippen MR) is 114 cm³/mol. The van der Waals surface area contributed by atoms with Crippen LogP contribution < -0.4 is 10.2 Å². The molecule has 4 rings (SSSR count). The maximum Gasteiger partial charge on any atom is 0.224 e. The summed E-state index contributed by atoms with van der Waals surface area (Å²) < 4.78 is 0. The molecular formula is C22H26N6O. The highest BCUT2D eigenvalue weighted by atomic mass is 16.1. The van der Waals surface area contributed by atoms with Crippen molar-refractivity contribution in [2.45, 2.75) is 39.2 Å². The highest BCUT2D eigenvalue weighted by Gasteiger charge is 2.14. The first-order valence-electron chi connectivity index (χ1n) is 10.2. The summed E-state index contributed by atoms with van der Waals surface area (Å²) in [6.07, 6.45) is 3.58. The molecular weight excluding hydrogens is 364 g/mol. The fourth-order valence-corrected chi connectivity index (χ4v) is 3.69. The first kappa shape index (κ1) is 19.1. The lowest BCUT2D eigenvalue weighted by molar-refractivity contribution is -0.116. The largest absolute Gasteiger partial charge is 0.371 e. The smallest absolute Gasteiger partial charge is 0.224 e. The van der Waals surface area contributed by atoms with Crippen LogP contribution in [0.3, 0.4) is 0 Å². The van der Waals surface area contributed by atoms with Crippen molar-refractivity contribution in [1.82, 2.24) is 20.2 Å². The number of aromatic nitrogens is 4. The molecule has 7 heteroatoms. The SMILES string of the molecule is Cc1cc(NC(=O)CCCn2nnc(-c3ccccc3)n2)ccc1N1CCCC1. The van der Waals surface area contributed by atoms with Crippen LogP contribution in [-0.4, -0.2) is 39.2 Å². The van der Waals surface area contributed by atoms with Crippen molar-refractivity contribution >= 4 is 17.3 Å². The van der Waals surface area contributed by atoms with Crippen LogP contribution in [0.25, 0.3) is 11.4 Å². The molecule has 1 fully saturated rings. The van der Waals surface area contributed by atoms with Gasteiger partial charge in [0.1, 0.15) is 0 Å². The lowest BCUT2D eigenvalue weighted by Gasteiger charge is -2.20. The molecule has 1 amide bonds.